The summed E-state index contributed by atoms with van der Waals surface area (Å²) in [4.78, 5) is 12.6. The second kappa shape index (κ2) is 7.03. The van der Waals surface area contributed by atoms with E-state index in [0.717, 1.165) is 50.2 Å². The molecular weight excluding hydrogens is 398 g/mol. The summed E-state index contributed by atoms with van der Waals surface area (Å²) < 4.78 is 2.86. The molecule has 0 fully saturated rings. The molecule has 3 aromatic rings. The van der Waals surface area contributed by atoms with E-state index < -0.39 is 0 Å². The van der Waals surface area contributed by atoms with E-state index in [4.69, 9.17) is 10.1 Å². The van der Waals surface area contributed by atoms with Crippen LogP contribution in [-0.4, -0.2) is 33.7 Å². The molecule has 0 amide bonds. The minimum Gasteiger partial charge on any atom is -0.354 e. The van der Waals surface area contributed by atoms with Gasteiger partial charge in [-0.2, -0.15) is 5.10 Å². The number of imidazole rings is 1. The van der Waals surface area contributed by atoms with E-state index in [2.05, 4.69) is 54.7 Å². The van der Waals surface area contributed by atoms with Crippen molar-refractivity contribution in [3.63, 3.8) is 0 Å². The lowest BCUT2D eigenvalue weighted by molar-refractivity contribution is 0.638. The van der Waals surface area contributed by atoms with Crippen LogP contribution in [0.1, 0.15) is 49.6 Å². The van der Waals surface area contributed by atoms with Gasteiger partial charge in [0.25, 0.3) is 0 Å². The zero-order valence-electron chi connectivity index (χ0n) is 15.6. The van der Waals surface area contributed by atoms with Crippen LogP contribution in [-0.2, 0) is 0 Å². The zero-order chi connectivity index (χ0) is 18.3. The van der Waals surface area contributed by atoms with Crippen LogP contribution < -0.4 is 4.90 Å². The lowest BCUT2D eigenvalue weighted by atomic mass is 9.95. The lowest BCUT2D eigenvalue weighted by Gasteiger charge is -2.14. The number of hydrogen-bond acceptors (Lipinski definition) is 5. The highest BCUT2D eigenvalue weighted by molar-refractivity contribution is 9.10. The maximum Gasteiger partial charge on any atom is 0.186 e. The molecule has 134 valence electrons. The van der Waals surface area contributed by atoms with Gasteiger partial charge in [-0.05, 0) is 54.6 Å². The molecule has 0 atom stereocenters. The van der Waals surface area contributed by atoms with Gasteiger partial charge in [-0.15, -0.1) is 0 Å². The fraction of sp³-hybridized carbons (Fsp3) is 0.500. The number of anilines is 1. The van der Waals surface area contributed by atoms with Crippen LogP contribution >= 0.6 is 27.3 Å². The number of nitrogens with zero attached hydrogens (tertiary/aromatic N) is 5. The fourth-order valence-corrected chi connectivity index (χ4v) is 4.88. The van der Waals surface area contributed by atoms with Gasteiger partial charge in [0.2, 0.25) is 0 Å². The normalized spacial score (nSPS) is 11.7. The number of halogens is 1. The van der Waals surface area contributed by atoms with Crippen molar-refractivity contribution in [2.75, 3.05) is 19.0 Å². The van der Waals surface area contributed by atoms with Gasteiger partial charge in [-0.1, -0.05) is 25.2 Å². The average Bonchev–Trinajstić information content (AvgIpc) is 3.08. The van der Waals surface area contributed by atoms with Crippen LogP contribution in [0.15, 0.2) is 10.7 Å². The molecule has 3 rings (SSSR count). The Kier molecular flexibility index (Phi) is 5.16. The highest BCUT2D eigenvalue weighted by Gasteiger charge is 2.23. The molecule has 5 nitrogen and oxygen atoms in total. The predicted molar refractivity (Wildman–Crippen MR) is 109 cm³/mol. The van der Waals surface area contributed by atoms with E-state index in [-0.39, 0.29) is 0 Å². The van der Waals surface area contributed by atoms with Crippen LogP contribution in [0.3, 0.4) is 0 Å². The topological polar surface area (TPSA) is 46.3 Å². The molecule has 0 bridgehead atoms. The van der Waals surface area contributed by atoms with Crippen molar-refractivity contribution >= 4 is 38.0 Å². The van der Waals surface area contributed by atoms with Gasteiger partial charge in [-0.3, -0.25) is 0 Å². The summed E-state index contributed by atoms with van der Waals surface area (Å²) in [6, 6.07) is 2.19. The van der Waals surface area contributed by atoms with Crippen LogP contribution in [0.4, 0.5) is 5.13 Å². The van der Waals surface area contributed by atoms with Gasteiger partial charge in [-0.25, -0.2) is 14.5 Å². The van der Waals surface area contributed by atoms with Crippen LogP contribution in [0.5, 0.6) is 0 Å². The molecule has 7 heteroatoms. The first kappa shape index (κ1) is 18.3. The second-order valence-electron chi connectivity index (χ2n) is 6.55. The smallest absolute Gasteiger partial charge is 0.186 e. The third kappa shape index (κ3) is 3.19. The second-order valence-corrected chi connectivity index (χ2v) is 8.28. The molecule has 0 aliphatic carbocycles. The summed E-state index contributed by atoms with van der Waals surface area (Å²) in [6.07, 6.45) is 2.21. The SMILES string of the molecule is CCC(CC)c1cc(C)nn2c(-c3sc(N(C)C)nc3Br)c(C)nc12. The van der Waals surface area contributed by atoms with Crippen molar-refractivity contribution in [3.05, 3.63) is 27.6 Å². The van der Waals surface area contributed by atoms with Gasteiger partial charge in [0.15, 0.2) is 10.8 Å². The average molecular weight is 422 g/mol. The minimum atomic E-state index is 0.501. The first-order valence-corrected chi connectivity index (χ1v) is 10.2. The molecule has 0 radical (unpaired) electrons. The summed E-state index contributed by atoms with van der Waals surface area (Å²) in [6.45, 7) is 8.58. The third-order valence-corrected chi connectivity index (χ3v) is 6.57. The van der Waals surface area contributed by atoms with Gasteiger partial charge in [0, 0.05) is 19.7 Å². The summed E-state index contributed by atoms with van der Waals surface area (Å²) in [7, 11) is 4.01. The fourth-order valence-electron chi connectivity index (χ4n) is 3.20. The standard InChI is InChI=1S/C18H24BrN5S/c1-7-12(8-2)13-9-10(3)22-24-14(11(4)20-17(13)24)15-16(19)21-18(25-15)23(5)6/h9,12H,7-8H2,1-6H3. The molecule has 0 spiro atoms. The molecule has 0 aliphatic rings. The Hall–Kier alpha value is -1.47. The molecule has 0 saturated carbocycles. The van der Waals surface area contributed by atoms with Crippen molar-refractivity contribution in [2.45, 2.75) is 46.5 Å². The number of aromatic nitrogens is 4. The number of aryl methyl sites for hydroxylation is 2. The highest BCUT2D eigenvalue weighted by atomic mass is 79.9. The molecule has 3 aromatic heterocycles. The van der Waals surface area contributed by atoms with E-state index in [1.807, 2.05) is 23.5 Å². The number of thiazole rings is 1. The van der Waals surface area contributed by atoms with Crippen molar-refractivity contribution in [1.82, 2.24) is 19.6 Å². The van der Waals surface area contributed by atoms with E-state index in [1.54, 1.807) is 11.3 Å². The lowest BCUT2D eigenvalue weighted by Crippen LogP contribution is -2.07. The summed E-state index contributed by atoms with van der Waals surface area (Å²) in [5.74, 6) is 0.501. The van der Waals surface area contributed by atoms with E-state index >= 15 is 0 Å². The highest BCUT2D eigenvalue weighted by Crippen LogP contribution is 2.40. The largest absolute Gasteiger partial charge is 0.354 e. The summed E-state index contributed by atoms with van der Waals surface area (Å²) in [5.41, 5.74) is 5.30. The van der Waals surface area contributed by atoms with Gasteiger partial charge in [0.1, 0.15) is 10.3 Å². The Morgan fingerprint density at radius 1 is 1.20 bits per heavy atom. The molecule has 3 heterocycles. The third-order valence-electron chi connectivity index (χ3n) is 4.51. The van der Waals surface area contributed by atoms with Gasteiger partial charge in [0.05, 0.1) is 16.3 Å². The van der Waals surface area contributed by atoms with Gasteiger partial charge < -0.3 is 4.90 Å². The number of hydrogen-bond donors (Lipinski definition) is 0. The maximum atomic E-state index is 4.89. The van der Waals surface area contributed by atoms with Crippen LogP contribution in [0.2, 0.25) is 0 Å². The Labute approximate surface area is 161 Å². The summed E-state index contributed by atoms with van der Waals surface area (Å²) in [5, 5.41) is 5.74. The van der Waals surface area contributed by atoms with Crippen LogP contribution in [0, 0.1) is 13.8 Å². The first-order chi connectivity index (χ1) is 11.9. The first-order valence-electron chi connectivity index (χ1n) is 8.58. The van der Waals surface area contributed by atoms with Crippen molar-refractivity contribution in [3.8, 4) is 10.6 Å². The maximum absolute atomic E-state index is 4.89. The van der Waals surface area contributed by atoms with Crippen LogP contribution in [0.25, 0.3) is 16.2 Å². The monoisotopic (exact) mass is 421 g/mol. The molecule has 0 aromatic carbocycles. The van der Waals surface area contributed by atoms with E-state index in [1.165, 1.54) is 5.56 Å². The quantitative estimate of drug-likeness (QED) is 0.567. The minimum absolute atomic E-state index is 0.501. The number of fused-ring (bicyclic) bond motifs is 1. The Morgan fingerprint density at radius 2 is 1.88 bits per heavy atom. The van der Waals surface area contributed by atoms with Crippen molar-refractivity contribution < 1.29 is 0 Å². The van der Waals surface area contributed by atoms with Crippen molar-refractivity contribution in [2.24, 2.45) is 0 Å². The molecule has 25 heavy (non-hydrogen) atoms. The van der Waals surface area contributed by atoms with Gasteiger partial charge >= 0.3 is 0 Å². The Bertz CT molecular complexity index is 908. The van der Waals surface area contributed by atoms with E-state index in [0.29, 0.717) is 5.92 Å². The molecular formula is C18H24BrN5S. The molecule has 0 saturated heterocycles. The Morgan fingerprint density at radius 3 is 2.44 bits per heavy atom. The molecule has 0 unspecified atom stereocenters. The zero-order valence-corrected chi connectivity index (χ0v) is 18.0. The molecule has 0 aliphatic heterocycles. The van der Waals surface area contributed by atoms with E-state index in [9.17, 15) is 0 Å². The Balaban J connectivity index is 2.29. The predicted octanol–water partition coefficient (Wildman–Crippen LogP) is 5.20. The van der Waals surface area contributed by atoms with Crippen molar-refractivity contribution in [1.29, 1.82) is 0 Å². The number of rotatable bonds is 5. The molecule has 0 N–H and O–H groups in total. The summed E-state index contributed by atoms with van der Waals surface area (Å²) >= 11 is 5.28.